The number of hydrogen-bond acceptors (Lipinski definition) is 5. The predicted molar refractivity (Wildman–Crippen MR) is 151 cm³/mol. The molecule has 0 atom stereocenters. The molecule has 1 aliphatic carbocycles. The number of aromatic nitrogens is 2. The summed E-state index contributed by atoms with van der Waals surface area (Å²) in [5, 5.41) is 7.19. The maximum atomic E-state index is 14.2. The number of Topliss-reactive ketones (excluding diaryl/α,β-unsaturated/α-hetero) is 1. The van der Waals surface area contributed by atoms with Gasteiger partial charge in [0.2, 0.25) is 11.8 Å². The number of rotatable bonds is 11. The third-order valence-electron chi connectivity index (χ3n) is 6.97. The highest BCUT2D eigenvalue weighted by atomic mass is 35.5. The van der Waals surface area contributed by atoms with Crippen LogP contribution in [-0.4, -0.2) is 50.8 Å². The van der Waals surface area contributed by atoms with E-state index in [-0.39, 0.29) is 59.7 Å². The molecule has 216 valence electrons. The van der Waals surface area contributed by atoms with Crippen molar-refractivity contribution in [2.24, 2.45) is 5.73 Å². The Bertz CT molecular complexity index is 1720. The molecule has 0 spiro atoms. The van der Waals surface area contributed by atoms with E-state index in [0.29, 0.717) is 16.5 Å². The minimum Gasteiger partial charge on any atom is -0.364 e. The summed E-state index contributed by atoms with van der Waals surface area (Å²) in [5.41, 5.74) is 6.92. The third kappa shape index (κ3) is 6.46. The Balaban J connectivity index is 1.30. The van der Waals surface area contributed by atoms with Gasteiger partial charge in [0.05, 0.1) is 17.1 Å². The SMILES string of the molecule is NC(=O)c1nn(CC(=O)N(CC(=O)NCc2cccc(Cl)c2F)C2CC2)c2ccc(CC(=O)c3cccc(F)c3)cc12. The van der Waals surface area contributed by atoms with E-state index in [0.717, 1.165) is 18.9 Å². The second-order valence-electron chi connectivity index (χ2n) is 10.1. The van der Waals surface area contributed by atoms with Gasteiger partial charge >= 0.3 is 0 Å². The molecule has 1 fully saturated rings. The van der Waals surface area contributed by atoms with Crippen molar-refractivity contribution in [2.75, 3.05) is 6.54 Å². The molecule has 0 unspecified atom stereocenters. The highest BCUT2D eigenvalue weighted by Gasteiger charge is 2.34. The summed E-state index contributed by atoms with van der Waals surface area (Å²) in [7, 11) is 0. The summed E-state index contributed by atoms with van der Waals surface area (Å²) in [5.74, 6) is -3.13. The Morgan fingerprint density at radius 3 is 2.52 bits per heavy atom. The Hall–Kier alpha value is -4.64. The Morgan fingerprint density at radius 2 is 1.81 bits per heavy atom. The van der Waals surface area contributed by atoms with Gasteiger partial charge in [-0.2, -0.15) is 5.10 Å². The van der Waals surface area contributed by atoms with Gasteiger partial charge in [0, 0.05) is 35.5 Å². The van der Waals surface area contributed by atoms with E-state index in [1.54, 1.807) is 24.3 Å². The van der Waals surface area contributed by atoms with Crippen molar-refractivity contribution in [3.63, 3.8) is 0 Å². The Kier molecular flexibility index (Phi) is 8.30. The number of ketones is 1. The lowest BCUT2D eigenvalue weighted by Crippen LogP contribution is -2.43. The summed E-state index contributed by atoms with van der Waals surface area (Å²) >= 11 is 5.80. The van der Waals surface area contributed by atoms with Crippen LogP contribution in [0, 0.1) is 11.6 Å². The van der Waals surface area contributed by atoms with Crippen LogP contribution >= 0.6 is 11.6 Å². The molecule has 3 aromatic carbocycles. The first-order valence-corrected chi connectivity index (χ1v) is 13.6. The number of nitrogens with two attached hydrogens (primary N) is 1. The quantitative estimate of drug-likeness (QED) is 0.256. The molecule has 3 amide bonds. The number of nitrogens with one attached hydrogen (secondary N) is 1. The van der Waals surface area contributed by atoms with Crippen molar-refractivity contribution in [3.8, 4) is 0 Å². The van der Waals surface area contributed by atoms with Crippen molar-refractivity contribution in [1.82, 2.24) is 20.0 Å². The number of benzene rings is 3. The van der Waals surface area contributed by atoms with Crippen LogP contribution in [0.5, 0.6) is 0 Å². The van der Waals surface area contributed by atoms with Crippen LogP contribution in [0.3, 0.4) is 0 Å². The molecule has 4 aromatic rings. The van der Waals surface area contributed by atoms with Crippen molar-refractivity contribution in [2.45, 2.75) is 38.4 Å². The van der Waals surface area contributed by atoms with Gasteiger partial charge in [-0.1, -0.05) is 41.9 Å². The first-order valence-electron chi connectivity index (χ1n) is 13.2. The molecular weight excluding hydrogens is 568 g/mol. The molecule has 0 saturated heterocycles. The molecule has 0 bridgehead atoms. The van der Waals surface area contributed by atoms with Gasteiger partial charge in [0.15, 0.2) is 11.5 Å². The number of fused-ring (bicyclic) bond motifs is 1. The first kappa shape index (κ1) is 28.9. The van der Waals surface area contributed by atoms with E-state index >= 15 is 0 Å². The van der Waals surface area contributed by atoms with Gasteiger partial charge in [0.1, 0.15) is 18.2 Å². The van der Waals surface area contributed by atoms with Crippen LogP contribution in [-0.2, 0) is 29.1 Å². The van der Waals surface area contributed by atoms with Gasteiger partial charge in [-0.3, -0.25) is 23.9 Å². The molecule has 42 heavy (non-hydrogen) atoms. The molecule has 1 heterocycles. The van der Waals surface area contributed by atoms with Crippen LogP contribution in [0.1, 0.15) is 44.8 Å². The van der Waals surface area contributed by atoms with E-state index in [2.05, 4.69) is 10.4 Å². The van der Waals surface area contributed by atoms with Crippen molar-refractivity contribution in [3.05, 3.63) is 99.7 Å². The average Bonchev–Trinajstić information content (AvgIpc) is 3.74. The van der Waals surface area contributed by atoms with E-state index < -0.39 is 29.4 Å². The molecule has 9 nitrogen and oxygen atoms in total. The lowest BCUT2D eigenvalue weighted by atomic mass is 10.0. The fourth-order valence-corrected chi connectivity index (χ4v) is 4.90. The number of halogens is 3. The lowest BCUT2D eigenvalue weighted by Gasteiger charge is -2.22. The number of carbonyl (C=O) groups excluding carboxylic acids is 4. The fraction of sp³-hybridized carbons (Fsp3) is 0.233. The topological polar surface area (TPSA) is 127 Å². The zero-order chi connectivity index (χ0) is 30.0. The van der Waals surface area contributed by atoms with Crippen molar-refractivity contribution >= 4 is 46.0 Å². The maximum Gasteiger partial charge on any atom is 0.269 e. The Morgan fingerprint density at radius 1 is 1.05 bits per heavy atom. The summed E-state index contributed by atoms with van der Waals surface area (Å²) in [6, 6.07) is 14.6. The van der Waals surface area contributed by atoms with Gasteiger partial charge < -0.3 is 16.0 Å². The second kappa shape index (κ2) is 12.1. The third-order valence-corrected chi connectivity index (χ3v) is 7.27. The molecule has 12 heteroatoms. The van der Waals surface area contributed by atoms with Crippen molar-refractivity contribution in [1.29, 1.82) is 0 Å². The standard InChI is InChI=1S/C30H26ClF2N5O4/c31-23-6-2-4-19(28(23)33)14-35-26(40)15-37(21-8-9-21)27(41)16-38-24-10-7-17(11-22(24)29(36-38)30(34)42)12-25(39)18-3-1-5-20(32)13-18/h1-7,10-11,13,21H,8-9,12,14-16H2,(H2,34,42)(H,35,40). The zero-order valence-corrected chi connectivity index (χ0v) is 23.0. The van der Waals surface area contributed by atoms with Gasteiger partial charge in [0.25, 0.3) is 5.91 Å². The fourth-order valence-electron chi connectivity index (χ4n) is 4.70. The van der Waals surface area contributed by atoms with E-state index in [1.165, 1.54) is 39.9 Å². The maximum absolute atomic E-state index is 14.2. The number of nitrogens with zero attached hydrogens (tertiary/aromatic N) is 3. The highest BCUT2D eigenvalue weighted by Crippen LogP contribution is 2.28. The predicted octanol–water partition coefficient (Wildman–Crippen LogP) is 3.80. The van der Waals surface area contributed by atoms with Crippen LogP contribution in [0.25, 0.3) is 10.9 Å². The molecule has 1 aromatic heterocycles. The lowest BCUT2D eigenvalue weighted by molar-refractivity contribution is -0.137. The first-order chi connectivity index (χ1) is 20.1. The molecular formula is C30H26ClF2N5O4. The number of hydrogen-bond donors (Lipinski definition) is 2. The number of primary amides is 1. The largest absolute Gasteiger partial charge is 0.364 e. The van der Waals surface area contributed by atoms with Crippen LogP contribution in [0.4, 0.5) is 8.78 Å². The highest BCUT2D eigenvalue weighted by molar-refractivity contribution is 6.30. The second-order valence-corrected chi connectivity index (χ2v) is 10.5. The monoisotopic (exact) mass is 593 g/mol. The van der Waals surface area contributed by atoms with Crippen LogP contribution in [0.15, 0.2) is 60.7 Å². The van der Waals surface area contributed by atoms with E-state index in [1.807, 2.05) is 0 Å². The zero-order valence-electron chi connectivity index (χ0n) is 22.3. The molecule has 1 aliphatic rings. The summed E-state index contributed by atoms with van der Waals surface area (Å²) in [6.45, 7) is -0.592. The molecule has 5 rings (SSSR count). The van der Waals surface area contributed by atoms with Gasteiger partial charge in [-0.15, -0.1) is 0 Å². The minimum atomic E-state index is -0.813. The van der Waals surface area contributed by atoms with Crippen LogP contribution < -0.4 is 11.1 Å². The van der Waals surface area contributed by atoms with Crippen LogP contribution in [0.2, 0.25) is 5.02 Å². The molecule has 3 N–H and O–H groups in total. The molecule has 0 radical (unpaired) electrons. The smallest absolute Gasteiger partial charge is 0.269 e. The summed E-state index contributed by atoms with van der Waals surface area (Å²) in [6.07, 6.45) is 1.42. The average molecular weight is 594 g/mol. The number of carbonyl (C=O) groups is 4. The minimum absolute atomic E-state index is 0.0502. The van der Waals surface area contributed by atoms with E-state index in [4.69, 9.17) is 17.3 Å². The molecule has 0 aliphatic heterocycles. The summed E-state index contributed by atoms with van der Waals surface area (Å²) < 4.78 is 29.1. The number of amides is 3. The van der Waals surface area contributed by atoms with Gasteiger partial charge in [-0.05, 0) is 48.7 Å². The normalized spacial score (nSPS) is 12.7. The molecule has 1 saturated carbocycles. The van der Waals surface area contributed by atoms with Gasteiger partial charge in [-0.25, -0.2) is 8.78 Å². The summed E-state index contributed by atoms with van der Waals surface area (Å²) in [4.78, 5) is 52.3. The Labute approximate surface area is 244 Å². The van der Waals surface area contributed by atoms with E-state index in [9.17, 15) is 28.0 Å². The van der Waals surface area contributed by atoms with Crippen molar-refractivity contribution < 1.29 is 28.0 Å².